The van der Waals surface area contributed by atoms with Crippen LogP contribution in [0.15, 0.2) is 71.9 Å². The van der Waals surface area contributed by atoms with Gasteiger partial charge in [0, 0.05) is 42.4 Å². The zero-order valence-electron chi connectivity index (χ0n) is 15.9. The average Bonchev–Trinajstić information content (AvgIpc) is 2.73. The largest absolute Gasteiger partial charge is 0.314 e. The number of likely N-dealkylation sites (N-methyl/N-ethyl adjacent to an activating group) is 1. The maximum Gasteiger partial charge on any atom is 0.244 e. The second-order valence-electron chi connectivity index (χ2n) is 6.48. The van der Waals surface area contributed by atoms with E-state index in [1.165, 1.54) is 9.21 Å². The molecule has 1 heterocycles. The van der Waals surface area contributed by atoms with Gasteiger partial charge in [-0.05, 0) is 30.7 Å². The van der Waals surface area contributed by atoms with Gasteiger partial charge < -0.3 is 4.90 Å². The molecule has 146 valence electrons. The number of rotatable bonds is 7. The summed E-state index contributed by atoms with van der Waals surface area (Å²) in [6, 6.07) is 15.9. The van der Waals surface area contributed by atoms with Gasteiger partial charge in [-0.1, -0.05) is 37.3 Å². The highest BCUT2D eigenvalue weighted by Crippen LogP contribution is 2.25. The highest BCUT2D eigenvalue weighted by molar-refractivity contribution is 7.89. The van der Waals surface area contributed by atoms with Crippen molar-refractivity contribution in [2.45, 2.75) is 18.2 Å². The fraction of sp³-hybridized carbons (Fsp3) is 0.238. The van der Waals surface area contributed by atoms with Crippen LogP contribution in [0.2, 0.25) is 0 Å². The number of carbonyl (C=O) groups excluding carboxylic acids is 1. The first-order chi connectivity index (χ1) is 13.4. The predicted molar refractivity (Wildman–Crippen MR) is 111 cm³/mol. The van der Waals surface area contributed by atoms with Crippen LogP contribution in [0.4, 0.5) is 5.69 Å². The molecule has 3 aromatic rings. The number of nitrogens with zero attached hydrogens (tertiary/aromatic N) is 3. The summed E-state index contributed by atoms with van der Waals surface area (Å²) in [6.07, 6.45) is 3.81. The molecule has 1 aromatic heterocycles. The number of sulfonamides is 1. The van der Waals surface area contributed by atoms with E-state index in [4.69, 9.17) is 0 Å². The van der Waals surface area contributed by atoms with E-state index in [-0.39, 0.29) is 23.9 Å². The van der Waals surface area contributed by atoms with Crippen molar-refractivity contribution in [1.29, 1.82) is 0 Å². The number of aromatic nitrogens is 1. The summed E-state index contributed by atoms with van der Waals surface area (Å²) < 4.78 is 28.0. The lowest BCUT2D eigenvalue weighted by Gasteiger charge is -2.25. The van der Waals surface area contributed by atoms with Crippen LogP contribution in [0.25, 0.3) is 10.8 Å². The Morgan fingerprint density at radius 1 is 1.04 bits per heavy atom. The monoisotopic (exact) mass is 397 g/mol. The summed E-state index contributed by atoms with van der Waals surface area (Å²) in [5.74, 6) is -0.287. The first kappa shape index (κ1) is 20.0. The molecule has 0 fully saturated rings. The van der Waals surface area contributed by atoms with Crippen molar-refractivity contribution < 1.29 is 13.2 Å². The van der Waals surface area contributed by atoms with Crippen LogP contribution in [0.5, 0.6) is 0 Å². The summed E-state index contributed by atoms with van der Waals surface area (Å²) in [7, 11) is -2.19. The molecule has 0 spiro atoms. The van der Waals surface area contributed by atoms with Crippen LogP contribution in [0.3, 0.4) is 0 Å². The molecule has 6 nitrogen and oxygen atoms in total. The number of hydrogen-bond donors (Lipinski definition) is 0. The van der Waals surface area contributed by atoms with Crippen LogP contribution in [0.1, 0.15) is 13.3 Å². The van der Waals surface area contributed by atoms with Gasteiger partial charge in [0.05, 0.1) is 11.4 Å². The van der Waals surface area contributed by atoms with E-state index < -0.39 is 10.0 Å². The Balaban J connectivity index is 1.93. The van der Waals surface area contributed by atoms with E-state index in [1.807, 2.05) is 43.3 Å². The van der Waals surface area contributed by atoms with Gasteiger partial charge in [0.25, 0.3) is 0 Å². The maximum absolute atomic E-state index is 13.4. The summed E-state index contributed by atoms with van der Waals surface area (Å²) >= 11 is 0. The molecular formula is C21H23N3O3S. The minimum atomic E-state index is -3.84. The van der Waals surface area contributed by atoms with Gasteiger partial charge in [-0.3, -0.25) is 9.78 Å². The number of hydrogen-bond acceptors (Lipinski definition) is 4. The molecular weight excluding hydrogens is 374 g/mol. The molecule has 0 saturated carbocycles. The van der Waals surface area contributed by atoms with Crippen LogP contribution in [-0.2, 0) is 14.8 Å². The van der Waals surface area contributed by atoms with Gasteiger partial charge in [0.15, 0.2) is 0 Å². The van der Waals surface area contributed by atoms with Crippen LogP contribution >= 0.6 is 0 Å². The standard InChI is InChI=1S/C21H23N3O3S/c1-3-14-24(16-21(25)23(2)18-9-5-4-6-10-18)28(26,27)20-11-7-8-17-15-22-13-12-19(17)20/h4-13,15H,3,14,16H2,1-2H3. The molecule has 0 unspecified atom stereocenters. The van der Waals surface area contributed by atoms with Crippen molar-refractivity contribution in [3.63, 3.8) is 0 Å². The topological polar surface area (TPSA) is 70.6 Å². The molecule has 7 heteroatoms. The van der Waals surface area contributed by atoms with E-state index in [1.54, 1.807) is 37.6 Å². The first-order valence-corrected chi connectivity index (χ1v) is 10.5. The number of pyridine rings is 1. The Hall–Kier alpha value is -2.77. The Kier molecular flexibility index (Phi) is 6.06. The molecule has 1 amide bonds. The molecule has 0 bridgehead atoms. The smallest absolute Gasteiger partial charge is 0.244 e. The third kappa shape index (κ3) is 4.05. The third-order valence-electron chi connectivity index (χ3n) is 4.56. The second kappa shape index (κ2) is 8.50. The van der Waals surface area contributed by atoms with Crippen LogP contribution in [0, 0.1) is 0 Å². The van der Waals surface area contributed by atoms with E-state index >= 15 is 0 Å². The van der Waals surface area contributed by atoms with Gasteiger partial charge in [0.2, 0.25) is 15.9 Å². The molecule has 0 aliphatic carbocycles. The van der Waals surface area contributed by atoms with E-state index in [0.717, 1.165) is 11.1 Å². The quantitative estimate of drug-likeness (QED) is 0.613. The summed E-state index contributed by atoms with van der Waals surface area (Å²) in [4.78, 5) is 18.5. The number of amides is 1. The summed E-state index contributed by atoms with van der Waals surface area (Å²) in [6.45, 7) is 1.93. The fourth-order valence-electron chi connectivity index (χ4n) is 3.04. The Labute approximate surface area is 165 Å². The molecule has 0 saturated heterocycles. The number of benzene rings is 2. The molecule has 3 rings (SSSR count). The van der Waals surface area contributed by atoms with Crippen molar-refractivity contribution in [2.75, 3.05) is 25.0 Å². The van der Waals surface area contributed by atoms with Crippen LogP contribution < -0.4 is 4.90 Å². The SMILES string of the molecule is CCCN(CC(=O)N(C)c1ccccc1)S(=O)(=O)c1cccc2cnccc12. The van der Waals surface area contributed by atoms with Crippen molar-refractivity contribution >= 4 is 32.4 Å². The maximum atomic E-state index is 13.4. The molecule has 0 radical (unpaired) electrons. The van der Waals surface area contributed by atoms with Gasteiger partial charge in [-0.15, -0.1) is 0 Å². The van der Waals surface area contributed by atoms with E-state index in [9.17, 15) is 13.2 Å². The molecule has 2 aromatic carbocycles. The van der Waals surface area contributed by atoms with E-state index in [0.29, 0.717) is 11.8 Å². The average molecular weight is 398 g/mol. The lowest BCUT2D eigenvalue weighted by atomic mass is 10.2. The van der Waals surface area contributed by atoms with Crippen molar-refractivity contribution in [2.24, 2.45) is 0 Å². The zero-order valence-corrected chi connectivity index (χ0v) is 16.8. The molecule has 0 aliphatic rings. The van der Waals surface area contributed by atoms with Crippen molar-refractivity contribution in [1.82, 2.24) is 9.29 Å². The normalized spacial score (nSPS) is 11.7. The number of anilines is 1. The molecule has 0 N–H and O–H groups in total. The number of carbonyl (C=O) groups is 1. The van der Waals surface area contributed by atoms with Gasteiger partial charge in [-0.2, -0.15) is 4.31 Å². The second-order valence-corrected chi connectivity index (χ2v) is 8.39. The minimum absolute atomic E-state index is 0.191. The van der Waals surface area contributed by atoms with E-state index in [2.05, 4.69) is 4.98 Å². The third-order valence-corrected chi connectivity index (χ3v) is 6.46. The Morgan fingerprint density at radius 2 is 1.79 bits per heavy atom. The molecule has 28 heavy (non-hydrogen) atoms. The predicted octanol–water partition coefficient (Wildman–Crippen LogP) is 3.30. The fourth-order valence-corrected chi connectivity index (χ4v) is 4.74. The van der Waals surface area contributed by atoms with Gasteiger partial charge in [0.1, 0.15) is 0 Å². The summed E-state index contributed by atoms with van der Waals surface area (Å²) in [5.41, 5.74) is 0.720. The van der Waals surface area contributed by atoms with Crippen molar-refractivity contribution in [3.8, 4) is 0 Å². The lowest BCUT2D eigenvalue weighted by molar-refractivity contribution is -0.118. The van der Waals surface area contributed by atoms with Gasteiger partial charge >= 0.3 is 0 Å². The lowest BCUT2D eigenvalue weighted by Crippen LogP contribution is -2.42. The highest BCUT2D eigenvalue weighted by Gasteiger charge is 2.28. The van der Waals surface area contributed by atoms with Crippen molar-refractivity contribution in [3.05, 3.63) is 67.0 Å². The van der Waals surface area contributed by atoms with Crippen LogP contribution in [-0.4, -0.2) is 43.8 Å². The summed E-state index contributed by atoms with van der Waals surface area (Å²) in [5, 5.41) is 1.34. The molecule has 0 atom stereocenters. The minimum Gasteiger partial charge on any atom is -0.314 e. The van der Waals surface area contributed by atoms with Gasteiger partial charge in [-0.25, -0.2) is 8.42 Å². The highest BCUT2D eigenvalue weighted by atomic mass is 32.2. The zero-order chi connectivity index (χ0) is 20.1. The number of para-hydroxylation sites is 1. The molecule has 0 aliphatic heterocycles. The Morgan fingerprint density at radius 3 is 2.50 bits per heavy atom. The first-order valence-electron chi connectivity index (χ1n) is 9.09. The number of fused-ring (bicyclic) bond motifs is 1. The Bertz CT molecular complexity index is 1060.